The van der Waals surface area contributed by atoms with Crippen molar-refractivity contribution in [1.82, 2.24) is 9.88 Å². The summed E-state index contributed by atoms with van der Waals surface area (Å²) in [5.41, 5.74) is 3.45. The van der Waals surface area contributed by atoms with Gasteiger partial charge in [-0.1, -0.05) is 41.4 Å². The number of ether oxygens (including phenoxy) is 1. The van der Waals surface area contributed by atoms with E-state index in [9.17, 15) is 9.59 Å². The highest BCUT2D eigenvalue weighted by Gasteiger charge is 2.25. The second-order valence-electron chi connectivity index (χ2n) is 7.17. The quantitative estimate of drug-likeness (QED) is 0.607. The van der Waals surface area contributed by atoms with Crippen molar-refractivity contribution in [1.29, 1.82) is 0 Å². The SMILES string of the molecule is CN1CCc2nc3ccccc3c(C(=O)OCC(=O)Nc3ccc(Cl)c(Cl)c3)c2C1. The summed E-state index contributed by atoms with van der Waals surface area (Å²) in [7, 11) is 2.00. The zero-order valence-corrected chi connectivity index (χ0v) is 17.8. The lowest BCUT2D eigenvalue weighted by Gasteiger charge is -2.26. The van der Waals surface area contributed by atoms with E-state index in [-0.39, 0.29) is 0 Å². The van der Waals surface area contributed by atoms with E-state index in [1.807, 2.05) is 31.3 Å². The van der Waals surface area contributed by atoms with Gasteiger partial charge in [0.15, 0.2) is 6.61 Å². The molecule has 1 aliphatic heterocycles. The first kappa shape index (κ1) is 20.6. The standard InChI is InChI=1S/C22H19Cl2N3O3/c1-27-9-8-19-15(11-27)21(14-4-2-3-5-18(14)26-19)22(29)30-12-20(28)25-13-6-7-16(23)17(24)10-13/h2-7,10H,8-9,11-12H2,1H3,(H,25,28). The smallest absolute Gasteiger partial charge is 0.339 e. The lowest BCUT2D eigenvalue weighted by Crippen LogP contribution is -2.30. The predicted octanol–water partition coefficient (Wildman–Crippen LogP) is 4.33. The Hall–Kier alpha value is -2.67. The Kier molecular flexibility index (Phi) is 5.90. The van der Waals surface area contributed by atoms with Crippen LogP contribution >= 0.6 is 23.2 Å². The molecule has 6 nitrogen and oxygen atoms in total. The molecule has 0 fully saturated rings. The number of para-hydroxylation sites is 1. The van der Waals surface area contributed by atoms with Crippen LogP contribution in [0.2, 0.25) is 10.0 Å². The summed E-state index contributed by atoms with van der Waals surface area (Å²) in [5.74, 6) is -1.00. The molecule has 0 saturated carbocycles. The van der Waals surface area contributed by atoms with Crippen molar-refractivity contribution in [2.75, 3.05) is 25.5 Å². The molecule has 0 atom stereocenters. The first-order chi connectivity index (χ1) is 14.4. The van der Waals surface area contributed by atoms with Gasteiger partial charge in [-0.25, -0.2) is 4.79 Å². The number of hydrogen-bond acceptors (Lipinski definition) is 5. The van der Waals surface area contributed by atoms with Crippen molar-refractivity contribution in [2.45, 2.75) is 13.0 Å². The fourth-order valence-electron chi connectivity index (χ4n) is 3.53. The minimum Gasteiger partial charge on any atom is -0.452 e. The van der Waals surface area contributed by atoms with E-state index in [0.717, 1.165) is 35.1 Å². The average molecular weight is 444 g/mol. The maximum absolute atomic E-state index is 13.0. The number of amides is 1. The van der Waals surface area contributed by atoms with E-state index in [1.54, 1.807) is 12.1 Å². The number of anilines is 1. The lowest BCUT2D eigenvalue weighted by atomic mass is 9.96. The fourth-order valence-corrected chi connectivity index (χ4v) is 3.83. The third kappa shape index (κ3) is 4.26. The summed E-state index contributed by atoms with van der Waals surface area (Å²) < 4.78 is 5.37. The Bertz CT molecular complexity index is 1150. The molecular formula is C22H19Cl2N3O3. The van der Waals surface area contributed by atoms with E-state index in [1.165, 1.54) is 6.07 Å². The van der Waals surface area contributed by atoms with Crippen LogP contribution in [0.4, 0.5) is 5.69 Å². The number of nitrogens with zero attached hydrogens (tertiary/aromatic N) is 2. The molecule has 0 bridgehead atoms. The molecule has 0 saturated heterocycles. The van der Waals surface area contributed by atoms with Gasteiger partial charge in [-0.15, -0.1) is 0 Å². The van der Waals surface area contributed by atoms with Gasteiger partial charge in [0.2, 0.25) is 0 Å². The first-order valence-electron chi connectivity index (χ1n) is 9.43. The molecule has 0 spiro atoms. The molecule has 4 rings (SSSR count). The monoisotopic (exact) mass is 443 g/mol. The van der Waals surface area contributed by atoms with E-state index in [0.29, 0.717) is 27.8 Å². The highest BCUT2D eigenvalue weighted by Crippen LogP contribution is 2.28. The van der Waals surface area contributed by atoms with Crippen LogP contribution in [0.1, 0.15) is 21.6 Å². The molecule has 3 aromatic rings. The molecular weight excluding hydrogens is 425 g/mol. The van der Waals surface area contributed by atoms with Crippen molar-refractivity contribution in [3.8, 4) is 0 Å². The van der Waals surface area contributed by atoms with Gasteiger partial charge < -0.3 is 15.0 Å². The molecule has 0 aliphatic carbocycles. The third-order valence-electron chi connectivity index (χ3n) is 4.98. The number of halogens is 2. The number of benzene rings is 2. The zero-order chi connectivity index (χ0) is 21.3. The van der Waals surface area contributed by atoms with Crippen LogP contribution in [0.5, 0.6) is 0 Å². The maximum atomic E-state index is 13.0. The van der Waals surface area contributed by atoms with Crippen LogP contribution in [0.15, 0.2) is 42.5 Å². The van der Waals surface area contributed by atoms with Gasteiger partial charge >= 0.3 is 5.97 Å². The predicted molar refractivity (Wildman–Crippen MR) is 117 cm³/mol. The average Bonchev–Trinajstić information content (AvgIpc) is 2.73. The van der Waals surface area contributed by atoms with Crippen molar-refractivity contribution in [2.24, 2.45) is 0 Å². The Morgan fingerprint density at radius 1 is 1.17 bits per heavy atom. The highest BCUT2D eigenvalue weighted by molar-refractivity contribution is 6.42. The largest absolute Gasteiger partial charge is 0.452 e. The highest BCUT2D eigenvalue weighted by atomic mass is 35.5. The maximum Gasteiger partial charge on any atom is 0.339 e. The molecule has 1 aromatic heterocycles. The second kappa shape index (κ2) is 8.60. The molecule has 30 heavy (non-hydrogen) atoms. The number of rotatable bonds is 4. The lowest BCUT2D eigenvalue weighted by molar-refractivity contribution is -0.119. The van der Waals surface area contributed by atoms with E-state index < -0.39 is 18.5 Å². The van der Waals surface area contributed by atoms with Gasteiger partial charge in [-0.05, 0) is 31.3 Å². The summed E-state index contributed by atoms with van der Waals surface area (Å²) >= 11 is 11.8. The van der Waals surface area contributed by atoms with Crippen molar-refractivity contribution >= 4 is 51.7 Å². The Balaban J connectivity index is 1.55. The number of aromatic nitrogens is 1. The van der Waals surface area contributed by atoms with Gasteiger partial charge in [0.25, 0.3) is 5.91 Å². The number of pyridine rings is 1. The number of carbonyl (C=O) groups excluding carboxylic acids is 2. The Labute approximate surface area is 183 Å². The summed E-state index contributed by atoms with van der Waals surface area (Å²) in [6.45, 7) is 1.06. The molecule has 0 unspecified atom stereocenters. The molecule has 1 N–H and O–H groups in total. The van der Waals surface area contributed by atoms with Crippen LogP contribution in [0.3, 0.4) is 0 Å². The molecule has 2 heterocycles. The second-order valence-corrected chi connectivity index (χ2v) is 7.98. The molecule has 8 heteroatoms. The molecule has 1 aliphatic rings. The van der Waals surface area contributed by atoms with Crippen LogP contribution < -0.4 is 5.32 Å². The Morgan fingerprint density at radius 3 is 2.77 bits per heavy atom. The zero-order valence-electron chi connectivity index (χ0n) is 16.2. The van der Waals surface area contributed by atoms with Gasteiger partial charge in [-0.3, -0.25) is 9.78 Å². The Morgan fingerprint density at radius 2 is 1.97 bits per heavy atom. The van der Waals surface area contributed by atoms with Crippen LogP contribution in [-0.2, 0) is 22.5 Å². The molecule has 2 aromatic carbocycles. The first-order valence-corrected chi connectivity index (χ1v) is 10.2. The number of likely N-dealkylation sites (N-methyl/N-ethyl adjacent to an activating group) is 1. The number of hydrogen-bond donors (Lipinski definition) is 1. The van der Waals surface area contributed by atoms with E-state index in [2.05, 4.69) is 10.2 Å². The molecule has 154 valence electrons. The minimum atomic E-state index is -0.538. The number of fused-ring (bicyclic) bond motifs is 2. The van der Waals surface area contributed by atoms with Crippen LogP contribution in [0.25, 0.3) is 10.9 Å². The van der Waals surface area contributed by atoms with Crippen molar-refractivity contribution in [3.63, 3.8) is 0 Å². The number of esters is 1. The normalized spacial score (nSPS) is 13.7. The topological polar surface area (TPSA) is 71.5 Å². The molecule has 0 radical (unpaired) electrons. The minimum absolute atomic E-state index is 0.325. The summed E-state index contributed by atoms with van der Waals surface area (Å²) in [6, 6.07) is 12.2. The number of carbonyl (C=O) groups is 2. The van der Waals surface area contributed by atoms with Crippen LogP contribution in [0, 0.1) is 0 Å². The summed E-state index contributed by atoms with van der Waals surface area (Å²) in [5, 5.41) is 4.08. The van der Waals surface area contributed by atoms with Crippen molar-refractivity contribution < 1.29 is 14.3 Å². The van der Waals surface area contributed by atoms with Gasteiger partial charge in [0, 0.05) is 41.8 Å². The van der Waals surface area contributed by atoms with E-state index in [4.69, 9.17) is 32.9 Å². The fraction of sp³-hybridized carbons (Fsp3) is 0.227. The van der Waals surface area contributed by atoms with E-state index >= 15 is 0 Å². The number of nitrogens with one attached hydrogen (secondary N) is 1. The van der Waals surface area contributed by atoms with Gasteiger partial charge in [0.05, 0.1) is 21.1 Å². The molecule has 1 amide bonds. The summed E-state index contributed by atoms with van der Waals surface area (Å²) in [6.07, 6.45) is 0.759. The van der Waals surface area contributed by atoms with Gasteiger partial charge in [-0.2, -0.15) is 0 Å². The van der Waals surface area contributed by atoms with Crippen LogP contribution in [-0.4, -0.2) is 42.0 Å². The summed E-state index contributed by atoms with van der Waals surface area (Å²) in [4.78, 5) is 32.1. The third-order valence-corrected chi connectivity index (χ3v) is 5.72. The van der Waals surface area contributed by atoms with Gasteiger partial charge in [0.1, 0.15) is 0 Å². The van der Waals surface area contributed by atoms with Crippen molar-refractivity contribution in [3.05, 3.63) is 69.3 Å².